The monoisotopic (exact) mass is 229 g/mol. The molecule has 0 unspecified atom stereocenters. The molecule has 2 aromatic rings. The van der Waals surface area contributed by atoms with E-state index in [1.165, 1.54) is 0 Å². The van der Waals surface area contributed by atoms with Crippen molar-refractivity contribution in [1.29, 1.82) is 0 Å². The molecule has 3 heteroatoms. The number of ether oxygens (including phenoxy) is 1. The van der Waals surface area contributed by atoms with E-state index in [1.807, 2.05) is 30.3 Å². The van der Waals surface area contributed by atoms with Gasteiger partial charge in [-0.1, -0.05) is 36.4 Å². The summed E-state index contributed by atoms with van der Waals surface area (Å²) < 4.78 is 5.52. The van der Waals surface area contributed by atoms with Crippen LogP contribution >= 0.6 is 0 Å². The second kappa shape index (κ2) is 5.37. The van der Waals surface area contributed by atoms with Crippen LogP contribution in [0.15, 0.2) is 48.5 Å². The van der Waals surface area contributed by atoms with Gasteiger partial charge < -0.3 is 15.6 Å². The summed E-state index contributed by atoms with van der Waals surface area (Å²) in [6.45, 7) is 0.975. The summed E-state index contributed by atoms with van der Waals surface area (Å²) in [6, 6.07) is 14.8. The van der Waals surface area contributed by atoms with Gasteiger partial charge in [-0.05, 0) is 23.3 Å². The molecule has 3 N–H and O–H groups in total. The lowest BCUT2D eigenvalue weighted by Gasteiger charge is -2.08. The van der Waals surface area contributed by atoms with Crippen molar-refractivity contribution in [2.75, 3.05) is 0 Å². The van der Waals surface area contributed by atoms with Crippen molar-refractivity contribution in [3.63, 3.8) is 0 Å². The molecule has 0 saturated heterocycles. The SMILES string of the molecule is NCc1ccc(COc2ccccc2O)cc1. The smallest absolute Gasteiger partial charge is 0.161 e. The molecule has 17 heavy (non-hydrogen) atoms. The Kier molecular flexibility index (Phi) is 3.62. The number of rotatable bonds is 4. The minimum absolute atomic E-state index is 0.158. The molecule has 2 rings (SSSR count). The van der Waals surface area contributed by atoms with Crippen LogP contribution in [0.2, 0.25) is 0 Å². The Bertz CT molecular complexity index is 480. The molecular formula is C14H15NO2. The third-order valence-electron chi connectivity index (χ3n) is 2.52. The number of nitrogens with two attached hydrogens (primary N) is 1. The van der Waals surface area contributed by atoms with Gasteiger partial charge in [0.2, 0.25) is 0 Å². The van der Waals surface area contributed by atoms with Crippen molar-refractivity contribution in [2.24, 2.45) is 5.73 Å². The molecule has 0 atom stereocenters. The molecule has 3 nitrogen and oxygen atoms in total. The van der Waals surface area contributed by atoms with Gasteiger partial charge in [0.15, 0.2) is 11.5 Å². The van der Waals surface area contributed by atoms with E-state index in [1.54, 1.807) is 18.2 Å². The minimum Gasteiger partial charge on any atom is -0.504 e. The van der Waals surface area contributed by atoms with Crippen LogP contribution in [0, 0.1) is 0 Å². The van der Waals surface area contributed by atoms with E-state index in [9.17, 15) is 5.11 Å². The third kappa shape index (κ3) is 2.98. The summed E-state index contributed by atoms with van der Waals surface area (Å²) in [5.74, 6) is 0.654. The summed E-state index contributed by atoms with van der Waals surface area (Å²) in [4.78, 5) is 0. The van der Waals surface area contributed by atoms with Crippen molar-refractivity contribution in [3.05, 3.63) is 59.7 Å². The van der Waals surface area contributed by atoms with E-state index in [4.69, 9.17) is 10.5 Å². The molecule has 0 saturated carbocycles. The third-order valence-corrected chi connectivity index (χ3v) is 2.52. The zero-order valence-electron chi connectivity index (χ0n) is 9.47. The first-order valence-corrected chi connectivity index (χ1v) is 5.48. The van der Waals surface area contributed by atoms with Crippen molar-refractivity contribution >= 4 is 0 Å². The Morgan fingerprint density at radius 3 is 2.24 bits per heavy atom. The molecule has 0 amide bonds. The lowest BCUT2D eigenvalue weighted by Crippen LogP contribution is -1.98. The molecule has 0 aliphatic rings. The molecule has 88 valence electrons. The fourth-order valence-corrected chi connectivity index (χ4v) is 1.51. The van der Waals surface area contributed by atoms with Gasteiger partial charge in [0, 0.05) is 6.54 Å². The van der Waals surface area contributed by atoms with E-state index >= 15 is 0 Å². The van der Waals surface area contributed by atoms with Crippen LogP contribution in [0.1, 0.15) is 11.1 Å². The van der Waals surface area contributed by atoms with Crippen molar-refractivity contribution in [1.82, 2.24) is 0 Å². The maximum atomic E-state index is 9.53. The highest BCUT2D eigenvalue weighted by atomic mass is 16.5. The number of hydrogen-bond acceptors (Lipinski definition) is 3. The second-order valence-electron chi connectivity index (χ2n) is 3.78. The molecule has 0 aromatic heterocycles. The number of aromatic hydroxyl groups is 1. The number of hydrogen-bond donors (Lipinski definition) is 2. The number of phenolic OH excluding ortho intramolecular Hbond substituents is 1. The lowest BCUT2D eigenvalue weighted by molar-refractivity contribution is 0.289. The predicted octanol–water partition coefficient (Wildman–Crippen LogP) is 2.43. The second-order valence-corrected chi connectivity index (χ2v) is 3.78. The summed E-state index contributed by atoms with van der Waals surface area (Å²) in [6.07, 6.45) is 0. The average Bonchev–Trinajstić information content (AvgIpc) is 2.38. The van der Waals surface area contributed by atoms with Crippen LogP contribution in [-0.4, -0.2) is 5.11 Å². The summed E-state index contributed by atoms with van der Waals surface area (Å²) in [5.41, 5.74) is 7.66. The van der Waals surface area contributed by atoms with Gasteiger partial charge in [0.25, 0.3) is 0 Å². The largest absolute Gasteiger partial charge is 0.504 e. The number of para-hydroxylation sites is 2. The van der Waals surface area contributed by atoms with Crippen LogP contribution in [-0.2, 0) is 13.2 Å². The van der Waals surface area contributed by atoms with Gasteiger partial charge in [-0.3, -0.25) is 0 Å². The Labute approximate surface area is 100 Å². The Hall–Kier alpha value is -2.00. The fourth-order valence-electron chi connectivity index (χ4n) is 1.51. The van der Waals surface area contributed by atoms with Crippen LogP contribution in [0.25, 0.3) is 0 Å². The predicted molar refractivity (Wildman–Crippen MR) is 66.8 cm³/mol. The maximum absolute atomic E-state index is 9.53. The summed E-state index contributed by atoms with van der Waals surface area (Å²) in [5, 5.41) is 9.53. The van der Waals surface area contributed by atoms with Crippen LogP contribution in [0.4, 0.5) is 0 Å². The highest BCUT2D eigenvalue weighted by Crippen LogP contribution is 2.25. The van der Waals surface area contributed by atoms with Crippen molar-refractivity contribution < 1.29 is 9.84 Å². The first-order valence-electron chi connectivity index (χ1n) is 5.48. The van der Waals surface area contributed by atoms with Crippen LogP contribution in [0.3, 0.4) is 0 Å². The van der Waals surface area contributed by atoms with Crippen molar-refractivity contribution in [3.8, 4) is 11.5 Å². The van der Waals surface area contributed by atoms with Gasteiger partial charge in [-0.2, -0.15) is 0 Å². The van der Waals surface area contributed by atoms with E-state index in [2.05, 4.69) is 0 Å². The van der Waals surface area contributed by atoms with Gasteiger partial charge >= 0.3 is 0 Å². The molecule has 0 fully saturated rings. The highest BCUT2D eigenvalue weighted by molar-refractivity contribution is 5.38. The zero-order valence-corrected chi connectivity index (χ0v) is 9.47. The molecule has 0 heterocycles. The highest BCUT2D eigenvalue weighted by Gasteiger charge is 2.00. The normalized spacial score (nSPS) is 10.2. The zero-order chi connectivity index (χ0) is 12.1. The Balaban J connectivity index is 2.00. The minimum atomic E-state index is 0.158. The summed E-state index contributed by atoms with van der Waals surface area (Å²) in [7, 11) is 0. The van der Waals surface area contributed by atoms with Crippen molar-refractivity contribution in [2.45, 2.75) is 13.2 Å². The fraction of sp³-hybridized carbons (Fsp3) is 0.143. The van der Waals surface area contributed by atoms with E-state index < -0.39 is 0 Å². The molecule has 0 bridgehead atoms. The molecule has 0 radical (unpaired) electrons. The molecule has 0 aliphatic carbocycles. The number of phenols is 1. The first-order chi connectivity index (χ1) is 8.29. The molecule has 2 aromatic carbocycles. The standard InChI is InChI=1S/C14H15NO2/c15-9-11-5-7-12(8-6-11)10-17-14-4-2-1-3-13(14)16/h1-8,16H,9-10,15H2. The van der Waals surface area contributed by atoms with Crippen LogP contribution < -0.4 is 10.5 Å². The Morgan fingerprint density at radius 1 is 0.941 bits per heavy atom. The average molecular weight is 229 g/mol. The topological polar surface area (TPSA) is 55.5 Å². The van der Waals surface area contributed by atoms with Gasteiger partial charge in [-0.15, -0.1) is 0 Å². The van der Waals surface area contributed by atoms with E-state index in [-0.39, 0.29) is 5.75 Å². The van der Waals surface area contributed by atoms with Gasteiger partial charge in [0.05, 0.1) is 0 Å². The van der Waals surface area contributed by atoms with E-state index in [0.29, 0.717) is 18.9 Å². The summed E-state index contributed by atoms with van der Waals surface area (Å²) >= 11 is 0. The first kappa shape index (κ1) is 11.5. The molecular weight excluding hydrogens is 214 g/mol. The maximum Gasteiger partial charge on any atom is 0.161 e. The quantitative estimate of drug-likeness (QED) is 0.846. The Morgan fingerprint density at radius 2 is 1.59 bits per heavy atom. The van der Waals surface area contributed by atoms with Crippen LogP contribution in [0.5, 0.6) is 11.5 Å². The molecule has 0 spiro atoms. The number of benzene rings is 2. The van der Waals surface area contributed by atoms with Gasteiger partial charge in [-0.25, -0.2) is 0 Å². The van der Waals surface area contributed by atoms with Gasteiger partial charge in [0.1, 0.15) is 6.61 Å². The lowest BCUT2D eigenvalue weighted by atomic mass is 10.1. The molecule has 0 aliphatic heterocycles. The van der Waals surface area contributed by atoms with E-state index in [0.717, 1.165) is 11.1 Å².